The van der Waals surface area contributed by atoms with E-state index in [4.69, 9.17) is 10.2 Å². The average Bonchev–Trinajstić information content (AvgIpc) is 2.79. The second-order valence-electron chi connectivity index (χ2n) is 4.30. The first-order valence-electron chi connectivity index (χ1n) is 5.67. The smallest absolute Gasteiger partial charge is 0.230 e. The van der Waals surface area contributed by atoms with Crippen molar-refractivity contribution in [1.29, 1.82) is 0 Å². The van der Waals surface area contributed by atoms with E-state index < -0.39 is 11.6 Å². The van der Waals surface area contributed by atoms with Gasteiger partial charge in [-0.2, -0.15) is 0 Å². The first kappa shape index (κ1) is 11.6. The van der Waals surface area contributed by atoms with E-state index in [9.17, 15) is 8.78 Å². The molecule has 3 nitrogen and oxygen atoms in total. The van der Waals surface area contributed by atoms with Crippen molar-refractivity contribution in [3.05, 3.63) is 47.5 Å². The molecule has 96 valence electrons. The number of oxazole rings is 1. The molecule has 0 fully saturated rings. The van der Waals surface area contributed by atoms with Crippen LogP contribution in [0.3, 0.4) is 0 Å². The molecule has 0 aliphatic heterocycles. The number of hydrogen-bond donors (Lipinski definition) is 1. The number of nitrogens with two attached hydrogens (primary N) is 1. The lowest BCUT2D eigenvalue weighted by Crippen LogP contribution is -1.94. The third-order valence-corrected chi connectivity index (χ3v) is 2.93. The van der Waals surface area contributed by atoms with E-state index >= 15 is 0 Å². The third kappa shape index (κ3) is 1.83. The van der Waals surface area contributed by atoms with Crippen LogP contribution in [-0.2, 0) is 0 Å². The van der Waals surface area contributed by atoms with Gasteiger partial charge in [0.2, 0.25) is 5.89 Å². The Morgan fingerprint density at radius 2 is 1.95 bits per heavy atom. The van der Waals surface area contributed by atoms with Crippen LogP contribution in [0.25, 0.3) is 22.6 Å². The molecule has 0 spiro atoms. The molecule has 1 aromatic heterocycles. The predicted octanol–water partition coefficient (Wildman–Crippen LogP) is 3.66. The van der Waals surface area contributed by atoms with Gasteiger partial charge < -0.3 is 10.2 Å². The fourth-order valence-electron chi connectivity index (χ4n) is 1.93. The number of halogens is 2. The van der Waals surface area contributed by atoms with Crippen molar-refractivity contribution < 1.29 is 13.2 Å². The molecule has 0 aliphatic carbocycles. The monoisotopic (exact) mass is 260 g/mol. The summed E-state index contributed by atoms with van der Waals surface area (Å²) in [6.45, 7) is 1.87. The highest BCUT2D eigenvalue weighted by molar-refractivity contribution is 5.79. The summed E-state index contributed by atoms with van der Waals surface area (Å²) < 4.78 is 32.4. The van der Waals surface area contributed by atoms with E-state index in [0.29, 0.717) is 11.1 Å². The van der Waals surface area contributed by atoms with Crippen LogP contribution in [0, 0.1) is 18.6 Å². The number of nitrogens with zero attached hydrogens (tertiary/aromatic N) is 1. The summed E-state index contributed by atoms with van der Waals surface area (Å²) in [5, 5.41) is 0. The molecule has 5 heteroatoms. The number of rotatable bonds is 1. The van der Waals surface area contributed by atoms with Crippen LogP contribution < -0.4 is 5.73 Å². The van der Waals surface area contributed by atoms with Crippen LogP contribution >= 0.6 is 0 Å². The Morgan fingerprint density at radius 3 is 2.68 bits per heavy atom. The highest BCUT2D eigenvalue weighted by Gasteiger charge is 2.16. The quantitative estimate of drug-likeness (QED) is 0.679. The first-order chi connectivity index (χ1) is 9.06. The van der Waals surface area contributed by atoms with Gasteiger partial charge in [0, 0.05) is 6.07 Å². The van der Waals surface area contributed by atoms with E-state index in [2.05, 4.69) is 4.98 Å². The van der Waals surface area contributed by atoms with Gasteiger partial charge in [-0.1, -0.05) is 12.1 Å². The lowest BCUT2D eigenvalue weighted by atomic mass is 10.2. The van der Waals surface area contributed by atoms with Crippen molar-refractivity contribution in [2.24, 2.45) is 0 Å². The summed E-state index contributed by atoms with van der Waals surface area (Å²) in [4.78, 5) is 4.19. The van der Waals surface area contributed by atoms with Gasteiger partial charge in [-0.15, -0.1) is 0 Å². The SMILES string of the molecule is Cc1cccc2nc(-c3cc(N)c(F)cc3F)oc12. The van der Waals surface area contributed by atoms with Crippen molar-refractivity contribution in [2.75, 3.05) is 5.73 Å². The molecule has 3 aromatic rings. The van der Waals surface area contributed by atoms with Crippen LogP contribution in [0.2, 0.25) is 0 Å². The van der Waals surface area contributed by atoms with Gasteiger partial charge in [-0.3, -0.25) is 0 Å². The Bertz CT molecular complexity index is 780. The minimum atomic E-state index is -0.798. The van der Waals surface area contributed by atoms with E-state index in [1.54, 1.807) is 6.07 Å². The Morgan fingerprint density at radius 1 is 1.16 bits per heavy atom. The number of aryl methyl sites for hydroxylation is 1. The Hall–Kier alpha value is -2.43. The van der Waals surface area contributed by atoms with Gasteiger partial charge in [-0.05, 0) is 24.6 Å². The van der Waals surface area contributed by atoms with Crippen LogP contribution in [0.5, 0.6) is 0 Å². The molecule has 0 aliphatic rings. The number of para-hydroxylation sites is 1. The highest BCUT2D eigenvalue weighted by Crippen LogP contribution is 2.30. The summed E-state index contributed by atoms with van der Waals surface area (Å²) in [7, 11) is 0. The van der Waals surface area contributed by atoms with Crippen LogP contribution in [-0.4, -0.2) is 4.98 Å². The van der Waals surface area contributed by atoms with E-state index in [1.807, 2.05) is 19.1 Å². The van der Waals surface area contributed by atoms with Crippen LogP contribution in [0.4, 0.5) is 14.5 Å². The molecule has 0 amide bonds. The summed E-state index contributed by atoms with van der Waals surface area (Å²) in [5.41, 5.74) is 7.45. The molecule has 2 N–H and O–H groups in total. The fourth-order valence-corrected chi connectivity index (χ4v) is 1.93. The standard InChI is InChI=1S/C14H10F2N2O/c1-7-3-2-4-12-13(7)19-14(18-12)8-5-11(17)10(16)6-9(8)15/h2-6H,17H2,1H3. The molecule has 3 rings (SSSR count). The molecule has 0 radical (unpaired) electrons. The van der Waals surface area contributed by atoms with Crippen molar-refractivity contribution in [2.45, 2.75) is 6.92 Å². The maximum Gasteiger partial charge on any atom is 0.230 e. The number of hydrogen-bond acceptors (Lipinski definition) is 3. The van der Waals surface area contributed by atoms with Gasteiger partial charge in [0.25, 0.3) is 0 Å². The summed E-state index contributed by atoms with van der Waals surface area (Å²) >= 11 is 0. The van der Waals surface area contributed by atoms with Crippen LogP contribution in [0.15, 0.2) is 34.7 Å². The first-order valence-corrected chi connectivity index (χ1v) is 5.67. The summed E-state index contributed by atoms with van der Waals surface area (Å²) in [6.07, 6.45) is 0. The minimum Gasteiger partial charge on any atom is -0.436 e. The lowest BCUT2D eigenvalue weighted by Gasteiger charge is -2.01. The Balaban J connectivity index is 2.25. The topological polar surface area (TPSA) is 52.0 Å². The molecule has 0 saturated heterocycles. The fraction of sp³-hybridized carbons (Fsp3) is 0.0714. The molecule has 0 saturated carbocycles. The zero-order valence-corrected chi connectivity index (χ0v) is 10.1. The zero-order chi connectivity index (χ0) is 13.6. The maximum absolute atomic E-state index is 13.7. The van der Waals surface area contributed by atoms with Crippen LogP contribution in [0.1, 0.15) is 5.56 Å². The second-order valence-corrected chi connectivity index (χ2v) is 4.30. The van der Waals surface area contributed by atoms with E-state index in [1.165, 1.54) is 6.07 Å². The molecular formula is C14H10F2N2O. The molecule has 0 unspecified atom stereocenters. The second kappa shape index (κ2) is 4.05. The minimum absolute atomic E-state index is 0.0505. The van der Waals surface area contributed by atoms with E-state index in [-0.39, 0.29) is 17.1 Å². The van der Waals surface area contributed by atoms with Gasteiger partial charge in [0.05, 0.1) is 11.3 Å². The highest BCUT2D eigenvalue weighted by atomic mass is 19.1. The van der Waals surface area contributed by atoms with Gasteiger partial charge >= 0.3 is 0 Å². The van der Waals surface area contributed by atoms with Gasteiger partial charge in [-0.25, -0.2) is 13.8 Å². The molecule has 0 bridgehead atoms. The molecular weight excluding hydrogens is 250 g/mol. The molecule has 2 aromatic carbocycles. The van der Waals surface area contributed by atoms with Gasteiger partial charge in [0.15, 0.2) is 5.58 Å². The number of aromatic nitrogens is 1. The maximum atomic E-state index is 13.7. The number of benzene rings is 2. The Labute approximate surface area is 107 Å². The largest absolute Gasteiger partial charge is 0.436 e. The molecule has 19 heavy (non-hydrogen) atoms. The molecule has 0 atom stereocenters. The van der Waals surface area contributed by atoms with Crippen molar-refractivity contribution in [1.82, 2.24) is 4.98 Å². The lowest BCUT2D eigenvalue weighted by molar-refractivity contribution is 0.573. The zero-order valence-electron chi connectivity index (χ0n) is 10.1. The van der Waals surface area contributed by atoms with E-state index in [0.717, 1.165) is 11.6 Å². The summed E-state index contributed by atoms with van der Waals surface area (Å²) in [6, 6.07) is 7.38. The van der Waals surface area contributed by atoms with Gasteiger partial charge in [0.1, 0.15) is 17.2 Å². The number of fused-ring (bicyclic) bond motifs is 1. The predicted molar refractivity (Wildman–Crippen MR) is 68.5 cm³/mol. The van der Waals surface area contributed by atoms with Crippen molar-refractivity contribution in [3.63, 3.8) is 0 Å². The summed E-state index contributed by atoms with van der Waals surface area (Å²) in [5.74, 6) is -1.46. The van der Waals surface area contributed by atoms with Crippen molar-refractivity contribution in [3.8, 4) is 11.5 Å². The Kier molecular flexibility index (Phi) is 2.48. The normalized spacial score (nSPS) is 11.1. The average molecular weight is 260 g/mol. The number of anilines is 1. The van der Waals surface area contributed by atoms with Crippen molar-refractivity contribution >= 4 is 16.8 Å². The molecule has 1 heterocycles. The number of nitrogen functional groups attached to an aromatic ring is 1. The third-order valence-electron chi connectivity index (χ3n) is 2.93.